The largest absolute Gasteiger partial charge is 0.481 e. The van der Waals surface area contributed by atoms with Gasteiger partial charge in [-0.15, -0.1) is 0 Å². The van der Waals surface area contributed by atoms with Crippen LogP contribution in [-0.4, -0.2) is 22.2 Å². The maximum absolute atomic E-state index is 11.3. The molecule has 6 fully saturated rings. The number of fused-ring (bicyclic) bond motifs is 1. The van der Waals surface area contributed by atoms with E-state index < -0.39 is 23.8 Å². The van der Waals surface area contributed by atoms with E-state index in [1.165, 1.54) is 0 Å². The summed E-state index contributed by atoms with van der Waals surface area (Å²) >= 11 is 0. The van der Waals surface area contributed by atoms with Crippen molar-refractivity contribution in [3.8, 4) is 0 Å². The number of hydrogen-bond donors (Lipinski definition) is 2. The maximum Gasteiger partial charge on any atom is 0.307 e. The molecule has 0 aromatic carbocycles. The molecule has 2 bridgehead atoms. The fraction of sp³-hybridized carbons (Fsp3) is 0.833. The second kappa shape index (κ2) is 1.91. The van der Waals surface area contributed by atoms with E-state index in [0.29, 0.717) is 23.7 Å². The summed E-state index contributed by atoms with van der Waals surface area (Å²) < 4.78 is 0. The van der Waals surface area contributed by atoms with E-state index in [9.17, 15) is 19.8 Å². The Hall–Kier alpha value is -1.06. The lowest BCUT2D eigenvalue weighted by Gasteiger charge is -2.94. The molecule has 0 aromatic heterocycles. The second-order valence-electron chi connectivity index (χ2n) is 6.35. The zero-order chi connectivity index (χ0) is 10.9. The minimum absolute atomic E-state index is 0.216. The van der Waals surface area contributed by atoms with Crippen molar-refractivity contribution < 1.29 is 19.8 Å². The number of aliphatic carboxylic acids is 2. The highest BCUT2D eigenvalue weighted by atomic mass is 16.4. The molecule has 4 heteroatoms. The summed E-state index contributed by atoms with van der Waals surface area (Å²) in [6, 6.07) is 0. The molecular formula is C12H12O4. The van der Waals surface area contributed by atoms with E-state index in [1.807, 2.05) is 0 Å². The molecule has 84 valence electrons. The first-order valence-corrected chi connectivity index (χ1v) is 6.10. The summed E-state index contributed by atoms with van der Waals surface area (Å²) in [7, 11) is 0. The SMILES string of the molecule is O=C(O)[C@@H]1C2[C@H]3C4C5[C@H](C([C@H]53)[C@@H]1C(=O)O)[C@@H]42. The standard InChI is InChI=1S/C12H12O4/c13-11(14)9-7-3-1-2-5(3)8(6(2)4(1)7)10(9)12(15)16/h1-10H,(H,13,14)(H,15,16)/t1?,2?,3-,4+,5+,6-,7?,8?,9-,10+. The van der Waals surface area contributed by atoms with Crippen LogP contribution in [0, 0.1) is 59.2 Å². The Kier molecular flexibility index (Phi) is 0.967. The number of hydrogen-bond acceptors (Lipinski definition) is 2. The molecule has 10 atom stereocenters. The number of carbonyl (C=O) groups is 2. The molecule has 0 spiro atoms. The highest BCUT2D eigenvalue weighted by molar-refractivity contribution is 5.82. The van der Waals surface area contributed by atoms with E-state index in [4.69, 9.17) is 0 Å². The third-order valence-electron chi connectivity index (χ3n) is 6.68. The lowest BCUT2D eigenvalue weighted by Crippen LogP contribution is -2.93. The van der Waals surface area contributed by atoms with Gasteiger partial charge in [0.05, 0.1) is 11.8 Å². The highest BCUT2D eigenvalue weighted by Gasteiger charge is 2.92. The molecule has 0 radical (unpaired) electrons. The van der Waals surface area contributed by atoms with Crippen LogP contribution in [0.25, 0.3) is 0 Å². The molecule has 0 heterocycles. The molecule has 6 aliphatic carbocycles. The van der Waals surface area contributed by atoms with Gasteiger partial charge < -0.3 is 10.2 Å². The Morgan fingerprint density at radius 2 is 0.812 bits per heavy atom. The first-order valence-electron chi connectivity index (χ1n) is 6.10. The molecule has 0 aliphatic heterocycles. The van der Waals surface area contributed by atoms with Crippen LogP contribution in [0.2, 0.25) is 0 Å². The predicted octanol–water partition coefficient (Wildman–Crippen LogP) is 0.386. The van der Waals surface area contributed by atoms with Crippen LogP contribution in [0.1, 0.15) is 0 Å². The van der Waals surface area contributed by atoms with Crippen LogP contribution in [-0.2, 0) is 9.59 Å². The van der Waals surface area contributed by atoms with Crippen molar-refractivity contribution in [2.24, 2.45) is 59.2 Å². The first kappa shape index (κ1) is 8.09. The van der Waals surface area contributed by atoms with Crippen molar-refractivity contribution in [1.82, 2.24) is 0 Å². The summed E-state index contributed by atoms with van der Waals surface area (Å²) in [5.41, 5.74) is 0. The van der Waals surface area contributed by atoms with Crippen molar-refractivity contribution in [2.45, 2.75) is 0 Å². The summed E-state index contributed by atoms with van der Waals surface area (Å²) in [5, 5.41) is 18.5. The van der Waals surface area contributed by atoms with E-state index in [2.05, 4.69) is 0 Å². The Morgan fingerprint density at radius 3 is 1.06 bits per heavy atom. The average Bonchev–Trinajstić information content (AvgIpc) is 2.15. The number of carboxylic acid groups (broad SMARTS) is 2. The van der Waals surface area contributed by atoms with Crippen LogP contribution in [0.5, 0.6) is 0 Å². The number of carboxylic acids is 2. The molecule has 4 nitrogen and oxygen atoms in total. The van der Waals surface area contributed by atoms with E-state index in [0.717, 1.165) is 11.8 Å². The lowest BCUT2D eigenvalue weighted by atomic mass is 9.09. The van der Waals surface area contributed by atoms with Gasteiger partial charge in [0, 0.05) is 0 Å². The Bertz CT molecular complexity index is 396. The van der Waals surface area contributed by atoms with Gasteiger partial charge >= 0.3 is 11.9 Å². The average molecular weight is 220 g/mol. The predicted molar refractivity (Wildman–Crippen MR) is 50.2 cm³/mol. The monoisotopic (exact) mass is 220 g/mol. The van der Waals surface area contributed by atoms with Gasteiger partial charge in [0.15, 0.2) is 0 Å². The topological polar surface area (TPSA) is 74.6 Å². The van der Waals surface area contributed by atoms with Gasteiger partial charge in [0.2, 0.25) is 0 Å². The molecule has 6 aliphatic rings. The van der Waals surface area contributed by atoms with Gasteiger partial charge in [-0.25, -0.2) is 0 Å². The van der Waals surface area contributed by atoms with Crippen molar-refractivity contribution in [3.05, 3.63) is 0 Å². The Balaban J connectivity index is 1.63. The Morgan fingerprint density at radius 1 is 0.562 bits per heavy atom. The first-order chi connectivity index (χ1) is 7.64. The maximum atomic E-state index is 11.3. The molecule has 0 amide bonds. The fourth-order valence-corrected chi connectivity index (χ4v) is 6.62. The molecule has 2 N–H and O–H groups in total. The second-order valence-corrected chi connectivity index (χ2v) is 6.35. The van der Waals surface area contributed by atoms with Crippen molar-refractivity contribution >= 4 is 11.9 Å². The van der Waals surface area contributed by atoms with Crippen LogP contribution < -0.4 is 0 Å². The van der Waals surface area contributed by atoms with Crippen molar-refractivity contribution in [1.29, 1.82) is 0 Å². The molecule has 0 aromatic rings. The summed E-state index contributed by atoms with van der Waals surface area (Å²) in [5.74, 6) is 1.56. The van der Waals surface area contributed by atoms with Crippen molar-refractivity contribution in [3.63, 3.8) is 0 Å². The smallest absolute Gasteiger partial charge is 0.307 e. The van der Waals surface area contributed by atoms with Gasteiger partial charge in [-0.2, -0.15) is 0 Å². The molecule has 0 saturated heterocycles. The minimum atomic E-state index is -0.867. The Labute approximate surface area is 91.6 Å². The van der Waals surface area contributed by atoms with Gasteiger partial charge in [-0.3, -0.25) is 9.59 Å². The zero-order valence-electron chi connectivity index (χ0n) is 8.48. The summed E-state index contributed by atoms with van der Waals surface area (Å²) in [6.07, 6.45) is 0. The van der Waals surface area contributed by atoms with Gasteiger partial charge in [-0.05, 0) is 47.3 Å². The molecule has 6 saturated carbocycles. The van der Waals surface area contributed by atoms with Crippen LogP contribution in [0.3, 0.4) is 0 Å². The minimum Gasteiger partial charge on any atom is -0.481 e. The van der Waals surface area contributed by atoms with Gasteiger partial charge in [0.25, 0.3) is 0 Å². The third-order valence-corrected chi connectivity index (χ3v) is 6.68. The molecule has 4 unspecified atom stereocenters. The van der Waals surface area contributed by atoms with E-state index in [-0.39, 0.29) is 11.8 Å². The van der Waals surface area contributed by atoms with Crippen LogP contribution in [0.4, 0.5) is 0 Å². The fourth-order valence-electron chi connectivity index (χ4n) is 6.62. The van der Waals surface area contributed by atoms with Gasteiger partial charge in [0.1, 0.15) is 0 Å². The number of rotatable bonds is 2. The normalized spacial score (nSPS) is 70.2. The van der Waals surface area contributed by atoms with Crippen LogP contribution >= 0.6 is 0 Å². The van der Waals surface area contributed by atoms with Crippen LogP contribution in [0.15, 0.2) is 0 Å². The van der Waals surface area contributed by atoms with E-state index >= 15 is 0 Å². The third kappa shape index (κ3) is 0.466. The highest BCUT2D eigenvalue weighted by Crippen LogP contribution is 2.93. The molecule has 16 heavy (non-hydrogen) atoms. The summed E-state index contributed by atoms with van der Waals surface area (Å²) in [6.45, 7) is 0. The molecular weight excluding hydrogens is 208 g/mol. The zero-order valence-corrected chi connectivity index (χ0v) is 8.48. The van der Waals surface area contributed by atoms with E-state index in [1.54, 1.807) is 0 Å². The molecule has 6 rings (SSSR count). The summed E-state index contributed by atoms with van der Waals surface area (Å²) in [4.78, 5) is 22.6. The quantitative estimate of drug-likeness (QED) is 0.705. The lowest BCUT2D eigenvalue weighted by molar-refractivity contribution is -0.478. The van der Waals surface area contributed by atoms with Gasteiger partial charge in [-0.1, -0.05) is 0 Å². The van der Waals surface area contributed by atoms with Crippen molar-refractivity contribution in [2.75, 3.05) is 0 Å².